The number of carboxylic acid groups (broad SMARTS) is 1. The second kappa shape index (κ2) is 5.69. The third-order valence-electron chi connectivity index (χ3n) is 4.21. The molecule has 1 aliphatic carbocycles. The summed E-state index contributed by atoms with van der Waals surface area (Å²) in [7, 11) is 1.47. The number of methoxy groups -OCH3 is 1. The number of carbonyl (C=O) groups is 2. The van der Waals surface area contributed by atoms with Crippen LogP contribution in [0.2, 0.25) is 0 Å². The minimum atomic E-state index is -0.886. The lowest BCUT2D eigenvalue weighted by atomic mass is 9.76. The van der Waals surface area contributed by atoms with Crippen LogP contribution in [0.5, 0.6) is 0 Å². The number of ether oxygens (including phenoxy) is 1. The Labute approximate surface area is 107 Å². The summed E-state index contributed by atoms with van der Waals surface area (Å²) in [5.41, 5.74) is 0. The van der Waals surface area contributed by atoms with Crippen molar-refractivity contribution < 1.29 is 19.4 Å². The van der Waals surface area contributed by atoms with Crippen molar-refractivity contribution in [2.45, 2.75) is 50.6 Å². The van der Waals surface area contributed by atoms with E-state index in [4.69, 9.17) is 4.74 Å². The van der Waals surface area contributed by atoms with Gasteiger partial charge in [0, 0.05) is 13.2 Å². The van der Waals surface area contributed by atoms with E-state index in [1.165, 1.54) is 13.5 Å². The molecule has 1 saturated heterocycles. The Morgan fingerprint density at radius 2 is 1.94 bits per heavy atom. The van der Waals surface area contributed by atoms with Gasteiger partial charge in [-0.3, -0.25) is 4.79 Å². The maximum Gasteiger partial charge on any atom is 0.326 e. The van der Waals surface area contributed by atoms with E-state index >= 15 is 0 Å². The van der Waals surface area contributed by atoms with Crippen molar-refractivity contribution in [2.24, 2.45) is 5.92 Å². The van der Waals surface area contributed by atoms with Gasteiger partial charge in [0.25, 0.3) is 0 Å². The standard InChI is InChI=1S/C13H21NO4/c1-18-8-12(15)14-10-5-3-2-4-9(10)6-7-11(14)13(16)17/h9-11H,2-8H2,1H3,(H,16,17). The van der Waals surface area contributed by atoms with Crippen molar-refractivity contribution >= 4 is 11.9 Å². The summed E-state index contributed by atoms with van der Waals surface area (Å²) < 4.78 is 4.88. The van der Waals surface area contributed by atoms with Gasteiger partial charge in [0.1, 0.15) is 12.6 Å². The molecule has 1 heterocycles. The molecule has 102 valence electrons. The van der Waals surface area contributed by atoms with Gasteiger partial charge in [0.15, 0.2) is 0 Å². The van der Waals surface area contributed by atoms with Crippen LogP contribution in [0.25, 0.3) is 0 Å². The maximum atomic E-state index is 12.1. The summed E-state index contributed by atoms with van der Waals surface area (Å²) in [6.07, 6.45) is 5.84. The number of likely N-dealkylation sites (tertiary alicyclic amines) is 1. The quantitative estimate of drug-likeness (QED) is 0.824. The van der Waals surface area contributed by atoms with Crippen molar-refractivity contribution in [2.75, 3.05) is 13.7 Å². The number of piperidine rings is 1. The second-order valence-corrected chi connectivity index (χ2v) is 5.28. The molecular weight excluding hydrogens is 234 g/mol. The van der Waals surface area contributed by atoms with Gasteiger partial charge in [-0.05, 0) is 31.6 Å². The minimum Gasteiger partial charge on any atom is -0.480 e. The summed E-state index contributed by atoms with van der Waals surface area (Å²) in [5.74, 6) is -0.583. The number of amides is 1. The zero-order valence-electron chi connectivity index (χ0n) is 10.8. The Morgan fingerprint density at radius 3 is 2.61 bits per heavy atom. The molecule has 5 heteroatoms. The molecule has 0 aromatic carbocycles. The van der Waals surface area contributed by atoms with Gasteiger partial charge in [-0.1, -0.05) is 12.8 Å². The lowest BCUT2D eigenvalue weighted by molar-refractivity contribution is -0.160. The number of rotatable bonds is 3. The summed E-state index contributed by atoms with van der Waals surface area (Å²) in [5, 5.41) is 9.28. The van der Waals surface area contributed by atoms with Crippen molar-refractivity contribution in [3.63, 3.8) is 0 Å². The lowest BCUT2D eigenvalue weighted by Gasteiger charge is -2.47. The molecule has 2 fully saturated rings. The first kappa shape index (κ1) is 13.3. The second-order valence-electron chi connectivity index (χ2n) is 5.28. The van der Waals surface area contributed by atoms with Crippen molar-refractivity contribution in [1.82, 2.24) is 4.90 Å². The molecule has 1 amide bonds. The average Bonchev–Trinajstić information content (AvgIpc) is 2.37. The summed E-state index contributed by atoms with van der Waals surface area (Å²) in [4.78, 5) is 25.0. The molecular formula is C13H21NO4. The van der Waals surface area contributed by atoms with Crippen LogP contribution in [-0.2, 0) is 14.3 Å². The summed E-state index contributed by atoms with van der Waals surface area (Å²) in [6.45, 7) is -0.0208. The fourth-order valence-corrected chi connectivity index (χ4v) is 3.43. The van der Waals surface area contributed by atoms with Gasteiger partial charge in [-0.2, -0.15) is 0 Å². The number of hydrogen-bond acceptors (Lipinski definition) is 3. The fourth-order valence-electron chi connectivity index (χ4n) is 3.43. The summed E-state index contributed by atoms with van der Waals surface area (Å²) in [6, 6.07) is -0.553. The van der Waals surface area contributed by atoms with Crippen LogP contribution < -0.4 is 0 Å². The van der Waals surface area contributed by atoms with E-state index in [9.17, 15) is 14.7 Å². The summed E-state index contributed by atoms with van der Waals surface area (Å²) >= 11 is 0. The minimum absolute atomic E-state index is 0.0208. The smallest absolute Gasteiger partial charge is 0.326 e. The molecule has 2 rings (SSSR count). The van der Waals surface area contributed by atoms with Crippen LogP contribution in [0.1, 0.15) is 38.5 Å². The van der Waals surface area contributed by atoms with Gasteiger partial charge in [-0.25, -0.2) is 4.79 Å². The van der Waals surface area contributed by atoms with E-state index in [-0.39, 0.29) is 18.6 Å². The Balaban J connectivity index is 2.18. The predicted octanol–water partition coefficient (Wildman–Crippen LogP) is 1.27. The Morgan fingerprint density at radius 1 is 1.22 bits per heavy atom. The highest BCUT2D eigenvalue weighted by Crippen LogP contribution is 2.37. The van der Waals surface area contributed by atoms with Crippen LogP contribution >= 0.6 is 0 Å². The van der Waals surface area contributed by atoms with Gasteiger partial charge >= 0.3 is 5.97 Å². The first-order chi connectivity index (χ1) is 8.65. The number of aliphatic carboxylic acids is 1. The molecule has 0 radical (unpaired) electrons. The van der Waals surface area contributed by atoms with E-state index < -0.39 is 12.0 Å². The lowest BCUT2D eigenvalue weighted by Crippen LogP contribution is -2.58. The highest BCUT2D eigenvalue weighted by molar-refractivity contribution is 5.85. The van der Waals surface area contributed by atoms with Crippen LogP contribution in [0, 0.1) is 5.92 Å². The predicted molar refractivity (Wildman–Crippen MR) is 65.1 cm³/mol. The zero-order valence-corrected chi connectivity index (χ0v) is 10.8. The Bertz CT molecular complexity index is 331. The zero-order chi connectivity index (χ0) is 13.1. The highest BCUT2D eigenvalue weighted by Gasteiger charge is 2.43. The van der Waals surface area contributed by atoms with E-state index in [1.54, 1.807) is 4.90 Å². The number of carbonyl (C=O) groups excluding carboxylic acids is 1. The molecule has 0 spiro atoms. The van der Waals surface area contributed by atoms with Crippen LogP contribution in [0.4, 0.5) is 0 Å². The molecule has 0 aromatic heterocycles. The average molecular weight is 255 g/mol. The van der Waals surface area contributed by atoms with Crippen LogP contribution in [0.3, 0.4) is 0 Å². The number of fused-ring (bicyclic) bond motifs is 1. The van der Waals surface area contributed by atoms with Crippen molar-refractivity contribution in [1.29, 1.82) is 0 Å². The number of hydrogen-bond donors (Lipinski definition) is 1. The Kier molecular flexibility index (Phi) is 4.22. The molecule has 2 aliphatic rings. The van der Waals surface area contributed by atoms with Crippen molar-refractivity contribution in [3.8, 4) is 0 Å². The van der Waals surface area contributed by atoms with Crippen LogP contribution in [-0.4, -0.2) is 47.7 Å². The van der Waals surface area contributed by atoms with E-state index in [0.29, 0.717) is 12.3 Å². The number of nitrogens with zero attached hydrogens (tertiary/aromatic N) is 1. The SMILES string of the molecule is COCC(=O)N1C(C(=O)O)CCC2CCCCC21. The Hall–Kier alpha value is -1.10. The van der Waals surface area contributed by atoms with Gasteiger partial charge in [0.05, 0.1) is 0 Å². The van der Waals surface area contributed by atoms with Crippen molar-refractivity contribution in [3.05, 3.63) is 0 Å². The number of carboxylic acids is 1. The van der Waals surface area contributed by atoms with E-state index in [2.05, 4.69) is 0 Å². The first-order valence-corrected chi connectivity index (χ1v) is 6.68. The molecule has 1 saturated carbocycles. The van der Waals surface area contributed by atoms with E-state index in [0.717, 1.165) is 25.7 Å². The molecule has 1 aliphatic heterocycles. The molecule has 1 N–H and O–H groups in total. The van der Waals surface area contributed by atoms with Crippen LogP contribution in [0.15, 0.2) is 0 Å². The molecule has 5 nitrogen and oxygen atoms in total. The molecule has 0 aromatic rings. The molecule has 3 atom stereocenters. The monoisotopic (exact) mass is 255 g/mol. The third-order valence-corrected chi connectivity index (χ3v) is 4.21. The van der Waals surface area contributed by atoms with Gasteiger partial charge < -0.3 is 14.7 Å². The van der Waals surface area contributed by atoms with E-state index in [1.807, 2.05) is 0 Å². The molecule has 3 unspecified atom stereocenters. The highest BCUT2D eigenvalue weighted by atomic mass is 16.5. The third kappa shape index (κ3) is 2.51. The molecule has 0 bridgehead atoms. The topological polar surface area (TPSA) is 66.8 Å². The first-order valence-electron chi connectivity index (χ1n) is 6.68. The largest absolute Gasteiger partial charge is 0.480 e. The fraction of sp³-hybridized carbons (Fsp3) is 0.846. The molecule has 18 heavy (non-hydrogen) atoms. The van der Waals surface area contributed by atoms with Gasteiger partial charge in [0.2, 0.25) is 5.91 Å². The van der Waals surface area contributed by atoms with Gasteiger partial charge in [-0.15, -0.1) is 0 Å². The normalized spacial score (nSPS) is 31.8. The maximum absolute atomic E-state index is 12.1.